The Morgan fingerprint density at radius 3 is 2.59 bits per heavy atom. The van der Waals surface area contributed by atoms with Crippen LogP contribution in [0.5, 0.6) is 0 Å². The highest BCUT2D eigenvalue weighted by atomic mass is 35.5. The molecule has 2 amide bonds. The monoisotopic (exact) mass is 490 g/mol. The second-order valence-electron chi connectivity index (χ2n) is 9.28. The molecular weight excluding hydrogens is 460 g/mol. The largest absolute Gasteiger partial charge is 0.481 e. The summed E-state index contributed by atoms with van der Waals surface area (Å²) in [5.41, 5.74) is -0.523. The molecule has 3 fully saturated rings. The number of fused-ring (bicyclic) bond motifs is 1. The summed E-state index contributed by atoms with van der Waals surface area (Å²) < 4.78 is 6.25. The number of carbonyl (C=O) groups excluding carboxylic acids is 2. The Morgan fingerprint density at radius 2 is 1.94 bits per heavy atom. The summed E-state index contributed by atoms with van der Waals surface area (Å²) in [5.74, 6) is -3.49. The minimum atomic E-state index is -1.14. The molecule has 4 rings (SSSR count). The standard InChI is InChI=1S/C25H31ClN2O6/c1-2-13-27(17-9-7-16(26)8-10-17)23(31)21-25-12-11-18(34-25)19(24(32)33)20(25)22(30)28(21)14-5-3-4-6-15-29/h2,7-10,18-21,29H,1,3-6,11-15H2,(H,32,33)/t18-,19+,20+,21?,25?/m1/s1. The zero-order valence-corrected chi connectivity index (χ0v) is 19.8. The topological polar surface area (TPSA) is 107 Å². The average molecular weight is 491 g/mol. The third kappa shape index (κ3) is 4.12. The van der Waals surface area contributed by atoms with Crippen molar-refractivity contribution < 1.29 is 29.3 Å². The van der Waals surface area contributed by atoms with Gasteiger partial charge in [0, 0.05) is 30.4 Å². The summed E-state index contributed by atoms with van der Waals surface area (Å²) in [4.78, 5) is 42.9. The number of carboxylic acid groups (broad SMARTS) is 1. The van der Waals surface area contributed by atoms with E-state index in [2.05, 4.69) is 6.58 Å². The third-order valence-corrected chi connectivity index (χ3v) is 7.59. The zero-order chi connectivity index (χ0) is 24.5. The molecule has 3 saturated heterocycles. The summed E-state index contributed by atoms with van der Waals surface area (Å²) in [5, 5.41) is 19.4. The van der Waals surface area contributed by atoms with Gasteiger partial charge in [0.15, 0.2) is 0 Å². The fraction of sp³-hybridized carbons (Fsp3) is 0.560. The quantitative estimate of drug-likeness (QED) is 0.365. The van der Waals surface area contributed by atoms with Crippen molar-refractivity contribution >= 4 is 35.1 Å². The molecule has 3 aliphatic rings. The van der Waals surface area contributed by atoms with Crippen molar-refractivity contribution in [1.82, 2.24) is 4.90 Å². The molecule has 1 aromatic carbocycles. The number of rotatable bonds is 11. The van der Waals surface area contributed by atoms with Crippen LogP contribution in [0.15, 0.2) is 36.9 Å². The lowest BCUT2D eigenvalue weighted by Gasteiger charge is -2.36. The summed E-state index contributed by atoms with van der Waals surface area (Å²) >= 11 is 6.04. The number of benzene rings is 1. The van der Waals surface area contributed by atoms with Crippen LogP contribution >= 0.6 is 11.6 Å². The predicted octanol–water partition coefficient (Wildman–Crippen LogP) is 2.87. The van der Waals surface area contributed by atoms with E-state index in [1.807, 2.05) is 0 Å². The van der Waals surface area contributed by atoms with Crippen LogP contribution in [0.25, 0.3) is 0 Å². The molecule has 2 unspecified atom stereocenters. The maximum atomic E-state index is 14.1. The number of amides is 2. The number of anilines is 1. The minimum absolute atomic E-state index is 0.113. The molecule has 0 aliphatic carbocycles. The maximum absolute atomic E-state index is 14.1. The van der Waals surface area contributed by atoms with E-state index in [0.29, 0.717) is 42.9 Å². The normalized spacial score (nSPS) is 29.4. The molecule has 1 spiro atoms. The number of likely N-dealkylation sites (tertiary alicyclic amines) is 1. The van der Waals surface area contributed by atoms with E-state index >= 15 is 0 Å². The summed E-state index contributed by atoms with van der Waals surface area (Å²) in [7, 11) is 0. The minimum Gasteiger partial charge on any atom is -0.481 e. The summed E-state index contributed by atoms with van der Waals surface area (Å²) in [6, 6.07) is 5.95. The molecule has 2 N–H and O–H groups in total. The van der Waals surface area contributed by atoms with Crippen LogP contribution in [0.2, 0.25) is 5.02 Å². The van der Waals surface area contributed by atoms with Gasteiger partial charge in [-0.1, -0.05) is 30.5 Å². The fourth-order valence-corrected chi connectivity index (χ4v) is 6.05. The second kappa shape index (κ2) is 10.1. The number of aliphatic hydroxyl groups excluding tert-OH is 1. The molecule has 5 atom stereocenters. The first-order chi connectivity index (χ1) is 16.4. The molecule has 34 heavy (non-hydrogen) atoms. The Bertz CT molecular complexity index is 953. The van der Waals surface area contributed by atoms with Crippen molar-refractivity contribution in [2.75, 3.05) is 24.6 Å². The maximum Gasteiger partial charge on any atom is 0.310 e. The van der Waals surface area contributed by atoms with Gasteiger partial charge in [0.05, 0.1) is 17.9 Å². The smallest absolute Gasteiger partial charge is 0.310 e. The van der Waals surface area contributed by atoms with E-state index in [9.17, 15) is 19.5 Å². The van der Waals surface area contributed by atoms with Gasteiger partial charge in [0.1, 0.15) is 11.6 Å². The Morgan fingerprint density at radius 1 is 1.24 bits per heavy atom. The predicted molar refractivity (Wildman–Crippen MR) is 127 cm³/mol. The van der Waals surface area contributed by atoms with Crippen molar-refractivity contribution in [2.45, 2.75) is 56.3 Å². The molecule has 8 nitrogen and oxygen atoms in total. The van der Waals surface area contributed by atoms with Gasteiger partial charge in [-0.15, -0.1) is 6.58 Å². The van der Waals surface area contributed by atoms with Gasteiger partial charge in [0.2, 0.25) is 5.91 Å². The Balaban J connectivity index is 1.68. The lowest BCUT2D eigenvalue weighted by atomic mass is 9.70. The van der Waals surface area contributed by atoms with Gasteiger partial charge < -0.3 is 24.7 Å². The average Bonchev–Trinajstić information content (AvgIpc) is 3.45. The molecule has 3 heterocycles. The SMILES string of the molecule is C=CCN(C(=O)C1N(CCCCCCO)C(=O)[C@@H]2[C@@H](C(=O)O)[C@H]3CCC12O3)c1ccc(Cl)cc1. The molecule has 3 aliphatic heterocycles. The van der Waals surface area contributed by atoms with E-state index in [1.165, 1.54) is 0 Å². The molecule has 9 heteroatoms. The lowest BCUT2D eigenvalue weighted by Crippen LogP contribution is -2.56. The number of halogens is 1. The van der Waals surface area contributed by atoms with Gasteiger partial charge >= 0.3 is 5.97 Å². The van der Waals surface area contributed by atoms with Gasteiger partial charge in [0.25, 0.3) is 5.91 Å². The van der Waals surface area contributed by atoms with E-state index < -0.39 is 35.6 Å². The van der Waals surface area contributed by atoms with Gasteiger partial charge in [-0.3, -0.25) is 14.4 Å². The molecule has 0 radical (unpaired) electrons. The summed E-state index contributed by atoms with van der Waals surface area (Å²) in [6.45, 7) is 4.45. The van der Waals surface area contributed by atoms with E-state index in [0.717, 1.165) is 12.8 Å². The number of unbranched alkanes of at least 4 members (excludes halogenated alkanes) is 3. The molecule has 0 saturated carbocycles. The number of hydrogen-bond donors (Lipinski definition) is 2. The molecular formula is C25H31ClN2O6. The molecule has 1 aromatic rings. The zero-order valence-electron chi connectivity index (χ0n) is 19.1. The van der Waals surface area contributed by atoms with Gasteiger partial charge in [-0.05, 0) is 49.9 Å². The van der Waals surface area contributed by atoms with Crippen molar-refractivity contribution in [3.05, 3.63) is 41.9 Å². The highest BCUT2D eigenvalue weighted by molar-refractivity contribution is 6.30. The molecule has 0 aromatic heterocycles. The van der Waals surface area contributed by atoms with Crippen molar-refractivity contribution in [2.24, 2.45) is 11.8 Å². The highest BCUT2D eigenvalue weighted by Crippen LogP contribution is 2.58. The first-order valence-electron chi connectivity index (χ1n) is 11.9. The van der Waals surface area contributed by atoms with Crippen LogP contribution in [-0.2, 0) is 19.1 Å². The number of aliphatic carboxylic acids is 1. The Labute approximate surface area is 204 Å². The third-order valence-electron chi connectivity index (χ3n) is 7.34. The number of ether oxygens (including phenoxy) is 1. The second-order valence-corrected chi connectivity index (χ2v) is 9.71. The Hall–Kier alpha value is -2.42. The van der Waals surface area contributed by atoms with Crippen LogP contribution in [0.1, 0.15) is 38.5 Å². The fourth-order valence-electron chi connectivity index (χ4n) is 5.92. The van der Waals surface area contributed by atoms with E-state index in [1.54, 1.807) is 40.1 Å². The van der Waals surface area contributed by atoms with Crippen LogP contribution in [0, 0.1) is 11.8 Å². The first-order valence-corrected chi connectivity index (χ1v) is 12.2. The molecule has 184 valence electrons. The van der Waals surface area contributed by atoms with Gasteiger partial charge in [-0.2, -0.15) is 0 Å². The van der Waals surface area contributed by atoms with Gasteiger partial charge in [-0.25, -0.2) is 0 Å². The number of carbonyl (C=O) groups is 3. The first kappa shape index (κ1) is 24.7. The number of nitrogens with zero attached hydrogens (tertiary/aromatic N) is 2. The van der Waals surface area contributed by atoms with E-state index in [-0.39, 0.29) is 25.0 Å². The van der Waals surface area contributed by atoms with Crippen molar-refractivity contribution in [3.8, 4) is 0 Å². The van der Waals surface area contributed by atoms with Crippen LogP contribution in [0.4, 0.5) is 5.69 Å². The van der Waals surface area contributed by atoms with Crippen LogP contribution in [0.3, 0.4) is 0 Å². The molecule has 2 bridgehead atoms. The number of aliphatic hydroxyl groups is 1. The van der Waals surface area contributed by atoms with Crippen molar-refractivity contribution in [1.29, 1.82) is 0 Å². The number of hydrogen-bond acceptors (Lipinski definition) is 5. The number of carboxylic acids is 1. The van der Waals surface area contributed by atoms with E-state index in [4.69, 9.17) is 21.4 Å². The Kier molecular flexibility index (Phi) is 7.31. The highest BCUT2D eigenvalue weighted by Gasteiger charge is 2.74. The van der Waals surface area contributed by atoms with Crippen LogP contribution < -0.4 is 4.90 Å². The summed E-state index contributed by atoms with van der Waals surface area (Å²) in [6.07, 6.45) is 4.98. The van der Waals surface area contributed by atoms with Crippen LogP contribution in [-0.4, -0.2) is 70.3 Å². The lowest BCUT2D eigenvalue weighted by molar-refractivity contribution is -0.149. The van der Waals surface area contributed by atoms with Crippen molar-refractivity contribution in [3.63, 3.8) is 0 Å².